The largest absolute Gasteiger partial charge is 0.370 e. The first-order valence-electron chi connectivity index (χ1n) is 10.6. The number of fused-ring (bicyclic) bond motifs is 1. The van der Waals surface area contributed by atoms with E-state index in [-0.39, 0.29) is 18.0 Å². The molecule has 0 aliphatic heterocycles. The Balaban J connectivity index is 1.69. The number of halogens is 1. The van der Waals surface area contributed by atoms with E-state index in [1.807, 2.05) is 42.5 Å². The summed E-state index contributed by atoms with van der Waals surface area (Å²) in [6, 6.07) is 14.0. The van der Waals surface area contributed by atoms with Gasteiger partial charge in [0.15, 0.2) is 11.8 Å². The lowest BCUT2D eigenvalue weighted by molar-refractivity contribution is 0.405. The van der Waals surface area contributed by atoms with Crippen LogP contribution in [0.1, 0.15) is 42.6 Å². The molecule has 0 saturated heterocycles. The van der Waals surface area contributed by atoms with E-state index in [4.69, 9.17) is 33.0 Å². The van der Waals surface area contributed by atoms with E-state index < -0.39 is 0 Å². The topological polar surface area (TPSA) is 102 Å². The zero-order valence-corrected chi connectivity index (χ0v) is 18.3. The molecule has 2 atom stereocenters. The predicted octanol–water partition coefficient (Wildman–Crippen LogP) is 4.76. The van der Waals surface area contributed by atoms with Crippen molar-refractivity contribution in [1.82, 2.24) is 9.97 Å². The molecule has 7 heteroatoms. The van der Waals surface area contributed by atoms with Gasteiger partial charge < -0.3 is 16.8 Å². The molecule has 1 saturated carbocycles. The van der Waals surface area contributed by atoms with Crippen LogP contribution < -0.4 is 16.8 Å². The van der Waals surface area contributed by atoms with Crippen molar-refractivity contribution < 1.29 is 0 Å². The normalized spacial score (nSPS) is 18.9. The number of anilines is 1. The fourth-order valence-corrected chi connectivity index (χ4v) is 4.12. The van der Waals surface area contributed by atoms with Crippen LogP contribution in [0, 0.1) is 6.92 Å². The second kappa shape index (κ2) is 9.35. The average Bonchev–Trinajstić information content (AvgIpc) is 2.75. The average molecular weight is 435 g/mol. The summed E-state index contributed by atoms with van der Waals surface area (Å²) in [7, 11) is 0. The first kappa shape index (κ1) is 21.1. The molecule has 1 heterocycles. The smallest absolute Gasteiger partial charge is 0.186 e. The lowest BCUT2D eigenvalue weighted by Crippen LogP contribution is -2.38. The van der Waals surface area contributed by atoms with Gasteiger partial charge in [0.25, 0.3) is 0 Å². The monoisotopic (exact) mass is 434 g/mol. The minimum atomic E-state index is 0.0432. The van der Waals surface area contributed by atoms with Crippen molar-refractivity contribution >= 4 is 46.4 Å². The Kier molecular flexibility index (Phi) is 6.37. The van der Waals surface area contributed by atoms with Crippen LogP contribution in [0.4, 0.5) is 5.82 Å². The zero-order chi connectivity index (χ0) is 21.8. The van der Waals surface area contributed by atoms with Crippen molar-refractivity contribution in [2.75, 3.05) is 5.32 Å². The summed E-state index contributed by atoms with van der Waals surface area (Å²) in [5.41, 5.74) is 14.4. The molecule has 0 unspecified atom stereocenters. The van der Waals surface area contributed by atoms with Crippen LogP contribution in [0.5, 0.6) is 0 Å². The van der Waals surface area contributed by atoms with Crippen LogP contribution in [-0.4, -0.2) is 28.0 Å². The second-order valence-corrected chi connectivity index (χ2v) is 8.43. The number of hydrogen-bond donors (Lipinski definition) is 3. The zero-order valence-electron chi connectivity index (χ0n) is 17.6. The van der Waals surface area contributed by atoms with Crippen molar-refractivity contribution in [1.29, 1.82) is 0 Å². The molecule has 0 spiro atoms. The van der Waals surface area contributed by atoms with E-state index in [2.05, 4.69) is 29.4 Å². The number of guanidine groups is 1. The van der Waals surface area contributed by atoms with Gasteiger partial charge >= 0.3 is 0 Å². The number of nitrogens with two attached hydrogens (primary N) is 2. The van der Waals surface area contributed by atoms with Crippen LogP contribution in [0.15, 0.2) is 47.5 Å². The SMILES string of the molecule is Cc1ccc2nc(C=Cc3ccc(Cl)cc3)nc(N[C@@H]3CCCC[C@@H]3N=C(N)N)c2c1. The summed E-state index contributed by atoms with van der Waals surface area (Å²) < 4.78 is 0. The molecule has 0 amide bonds. The predicted molar refractivity (Wildman–Crippen MR) is 130 cm³/mol. The van der Waals surface area contributed by atoms with Crippen LogP contribution in [0.2, 0.25) is 5.02 Å². The molecule has 1 fully saturated rings. The maximum atomic E-state index is 5.98. The number of aliphatic imine (C=N–C) groups is 1. The fraction of sp³-hybridized carbons (Fsp3) is 0.292. The van der Waals surface area contributed by atoms with Gasteiger partial charge in [-0.25, -0.2) is 15.0 Å². The summed E-state index contributed by atoms with van der Waals surface area (Å²) in [6.07, 6.45) is 8.12. The molecule has 160 valence electrons. The third-order valence-corrected chi connectivity index (χ3v) is 5.78. The molecule has 3 aromatic rings. The Labute approximate surface area is 187 Å². The Bertz CT molecular complexity index is 1120. The van der Waals surface area contributed by atoms with Crippen LogP contribution >= 0.6 is 11.6 Å². The summed E-state index contributed by atoms with van der Waals surface area (Å²) in [4.78, 5) is 14.0. The van der Waals surface area contributed by atoms with E-state index in [1.165, 1.54) is 0 Å². The Morgan fingerprint density at radius 2 is 1.84 bits per heavy atom. The molecule has 2 aromatic carbocycles. The Morgan fingerprint density at radius 3 is 2.61 bits per heavy atom. The molecule has 6 nitrogen and oxygen atoms in total. The maximum Gasteiger partial charge on any atom is 0.186 e. The van der Waals surface area contributed by atoms with Gasteiger partial charge in [0.1, 0.15) is 5.82 Å². The molecule has 0 bridgehead atoms. The number of rotatable bonds is 5. The van der Waals surface area contributed by atoms with Crippen molar-refractivity contribution in [3.8, 4) is 0 Å². The maximum absolute atomic E-state index is 5.98. The lowest BCUT2D eigenvalue weighted by atomic mass is 9.90. The molecule has 1 aliphatic rings. The van der Waals surface area contributed by atoms with E-state index in [9.17, 15) is 0 Å². The van der Waals surface area contributed by atoms with E-state index in [1.54, 1.807) is 0 Å². The number of nitrogens with one attached hydrogen (secondary N) is 1. The minimum absolute atomic E-state index is 0.0432. The van der Waals surface area contributed by atoms with E-state index in [0.717, 1.165) is 53.5 Å². The lowest BCUT2D eigenvalue weighted by Gasteiger charge is -2.30. The third-order valence-electron chi connectivity index (χ3n) is 5.53. The van der Waals surface area contributed by atoms with Crippen molar-refractivity contribution in [3.63, 3.8) is 0 Å². The summed E-state index contributed by atoms with van der Waals surface area (Å²) in [5.74, 6) is 1.59. The first-order chi connectivity index (χ1) is 15.0. The Hall–Kier alpha value is -3.12. The molecule has 1 aromatic heterocycles. The van der Waals surface area contributed by atoms with Gasteiger partial charge in [-0.2, -0.15) is 0 Å². The van der Waals surface area contributed by atoms with E-state index in [0.29, 0.717) is 10.8 Å². The first-order valence-corrected chi connectivity index (χ1v) is 10.9. The minimum Gasteiger partial charge on any atom is -0.370 e. The van der Waals surface area contributed by atoms with Gasteiger partial charge in [0, 0.05) is 10.4 Å². The van der Waals surface area contributed by atoms with Gasteiger partial charge in [-0.3, -0.25) is 0 Å². The van der Waals surface area contributed by atoms with Crippen molar-refractivity contribution in [2.45, 2.75) is 44.7 Å². The summed E-state index contributed by atoms with van der Waals surface area (Å²) >= 11 is 5.98. The number of hydrogen-bond acceptors (Lipinski definition) is 4. The number of aryl methyl sites for hydroxylation is 1. The van der Waals surface area contributed by atoms with Crippen LogP contribution in [0.3, 0.4) is 0 Å². The number of aromatic nitrogens is 2. The quantitative estimate of drug-likeness (QED) is 0.397. The molecule has 31 heavy (non-hydrogen) atoms. The molecule has 0 radical (unpaired) electrons. The highest BCUT2D eigenvalue weighted by molar-refractivity contribution is 6.30. The highest BCUT2D eigenvalue weighted by atomic mass is 35.5. The number of nitrogens with zero attached hydrogens (tertiary/aromatic N) is 3. The fourth-order valence-electron chi connectivity index (χ4n) is 3.99. The molecule has 1 aliphatic carbocycles. The standard InChI is InChI=1S/C24H27ClN6/c1-15-6-12-19-18(14-15)23(29-20-4-2-3-5-21(20)30-24(26)27)31-22(28-19)13-9-16-7-10-17(25)11-8-16/h6-14,20-21H,2-5H2,1H3,(H4,26,27,30)(H,28,29,31)/t20-,21+/m1/s1. The third kappa shape index (κ3) is 5.33. The van der Waals surface area contributed by atoms with Gasteiger partial charge in [0.05, 0.1) is 17.6 Å². The number of benzene rings is 2. The highest BCUT2D eigenvalue weighted by Gasteiger charge is 2.26. The van der Waals surface area contributed by atoms with Gasteiger partial charge in [0.2, 0.25) is 0 Å². The highest BCUT2D eigenvalue weighted by Crippen LogP contribution is 2.28. The van der Waals surface area contributed by atoms with Crippen molar-refractivity contribution in [3.05, 3.63) is 64.4 Å². The van der Waals surface area contributed by atoms with Crippen LogP contribution in [-0.2, 0) is 0 Å². The van der Waals surface area contributed by atoms with Gasteiger partial charge in [-0.1, -0.05) is 54.3 Å². The Morgan fingerprint density at radius 1 is 1.06 bits per heavy atom. The molecular weight excluding hydrogens is 408 g/mol. The van der Waals surface area contributed by atoms with Gasteiger partial charge in [-0.05, 0) is 55.7 Å². The van der Waals surface area contributed by atoms with Crippen LogP contribution in [0.25, 0.3) is 23.1 Å². The summed E-state index contributed by atoms with van der Waals surface area (Å²) in [5, 5.41) is 5.34. The van der Waals surface area contributed by atoms with E-state index >= 15 is 0 Å². The molecule has 5 N–H and O–H groups in total. The van der Waals surface area contributed by atoms with Crippen molar-refractivity contribution in [2.24, 2.45) is 16.5 Å². The van der Waals surface area contributed by atoms with Gasteiger partial charge in [-0.15, -0.1) is 0 Å². The second-order valence-electron chi connectivity index (χ2n) is 7.99. The molecular formula is C24H27ClN6. The summed E-state index contributed by atoms with van der Waals surface area (Å²) in [6.45, 7) is 2.07. The molecule has 4 rings (SSSR count).